The molecule has 0 saturated carbocycles. The van der Waals surface area contributed by atoms with Gasteiger partial charge >= 0.3 is 0 Å². The number of aromatic nitrogens is 2. The second kappa shape index (κ2) is 4.66. The maximum atomic E-state index is 13.4. The Morgan fingerprint density at radius 2 is 2.29 bits per heavy atom. The Balaban J connectivity index is 2.25. The van der Waals surface area contributed by atoms with Crippen molar-refractivity contribution in [2.24, 2.45) is 0 Å². The first-order valence-corrected chi connectivity index (χ1v) is 5.17. The van der Waals surface area contributed by atoms with Crippen LogP contribution in [0.4, 0.5) is 10.1 Å². The van der Waals surface area contributed by atoms with Crippen molar-refractivity contribution < 1.29 is 4.39 Å². The maximum Gasteiger partial charge on any atom is 0.143 e. The van der Waals surface area contributed by atoms with E-state index in [9.17, 15) is 4.39 Å². The van der Waals surface area contributed by atoms with Crippen molar-refractivity contribution in [3.63, 3.8) is 0 Å². The molecule has 1 unspecified atom stereocenters. The van der Waals surface area contributed by atoms with Gasteiger partial charge in [-0.2, -0.15) is 10.4 Å². The molecule has 0 bridgehead atoms. The van der Waals surface area contributed by atoms with E-state index in [-0.39, 0.29) is 11.6 Å². The van der Waals surface area contributed by atoms with E-state index in [1.54, 1.807) is 18.3 Å². The average Bonchev–Trinajstić information content (AvgIpc) is 2.82. The molecular formula is C12H11FN4. The zero-order chi connectivity index (χ0) is 12.3. The van der Waals surface area contributed by atoms with Crippen molar-refractivity contribution in [2.45, 2.75) is 13.0 Å². The molecule has 17 heavy (non-hydrogen) atoms. The molecule has 2 aromatic rings. The van der Waals surface area contributed by atoms with E-state index < -0.39 is 5.82 Å². The third-order valence-corrected chi connectivity index (χ3v) is 2.49. The molecule has 0 aliphatic carbocycles. The molecule has 5 heteroatoms. The van der Waals surface area contributed by atoms with E-state index in [2.05, 4.69) is 15.5 Å². The highest BCUT2D eigenvalue weighted by molar-refractivity contribution is 5.58. The molecule has 0 fully saturated rings. The number of benzene rings is 1. The number of hydrogen-bond acceptors (Lipinski definition) is 3. The summed E-state index contributed by atoms with van der Waals surface area (Å²) >= 11 is 0. The van der Waals surface area contributed by atoms with Crippen LogP contribution in [0.1, 0.15) is 24.2 Å². The van der Waals surface area contributed by atoms with Gasteiger partial charge in [0.15, 0.2) is 0 Å². The summed E-state index contributed by atoms with van der Waals surface area (Å²) in [6.45, 7) is 1.90. The van der Waals surface area contributed by atoms with Gasteiger partial charge in [0.2, 0.25) is 0 Å². The minimum Gasteiger partial charge on any atom is -0.376 e. The van der Waals surface area contributed by atoms with Crippen molar-refractivity contribution in [3.8, 4) is 6.07 Å². The van der Waals surface area contributed by atoms with Crippen LogP contribution in [0.5, 0.6) is 0 Å². The van der Waals surface area contributed by atoms with Crippen molar-refractivity contribution in [3.05, 3.63) is 47.5 Å². The van der Waals surface area contributed by atoms with E-state index in [4.69, 9.17) is 5.26 Å². The van der Waals surface area contributed by atoms with Gasteiger partial charge in [-0.3, -0.25) is 5.10 Å². The lowest BCUT2D eigenvalue weighted by Gasteiger charge is -2.14. The fourth-order valence-electron chi connectivity index (χ4n) is 1.58. The quantitative estimate of drug-likeness (QED) is 0.851. The standard InChI is InChI=1S/C12H11FN4/c1-8(11-5-6-15-17-11)16-12-4-2-3-10(13)9(12)7-14/h2-6,8,16H,1H3,(H,15,17). The van der Waals surface area contributed by atoms with Gasteiger partial charge in [0.25, 0.3) is 0 Å². The number of halogens is 1. The predicted molar refractivity (Wildman–Crippen MR) is 61.7 cm³/mol. The molecule has 0 radical (unpaired) electrons. The third-order valence-electron chi connectivity index (χ3n) is 2.49. The molecule has 0 aliphatic heterocycles. The number of nitrogens with zero attached hydrogens (tertiary/aromatic N) is 2. The number of aromatic amines is 1. The molecule has 0 aliphatic rings. The molecule has 0 spiro atoms. The maximum absolute atomic E-state index is 13.4. The number of nitriles is 1. The molecule has 4 nitrogen and oxygen atoms in total. The topological polar surface area (TPSA) is 64.5 Å². The van der Waals surface area contributed by atoms with Crippen molar-refractivity contribution in [1.29, 1.82) is 5.26 Å². The number of H-pyrrole nitrogens is 1. The minimum atomic E-state index is -0.519. The van der Waals surface area contributed by atoms with Gasteiger partial charge in [-0.25, -0.2) is 4.39 Å². The highest BCUT2D eigenvalue weighted by Crippen LogP contribution is 2.22. The highest BCUT2D eigenvalue weighted by atomic mass is 19.1. The van der Waals surface area contributed by atoms with Gasteiger partial charge in [0.1, 0.15) is 17.4 Å². The summed E-state index contributed by atoms with van der Waals surface area (Å²) < 4.78 is 13.4. The van der Waals surface area contributed by atoms with Crippen LogP contribution in [-0.2, 0) is 0 Å². The van der Waals surface area contributed by atoms with E-state index in [1.165, 1.54) is 6.07 Å². The molecule has 0 amide bonds. The van der Waals surface area contributed by atoms with E-state index in [0.29, 0.717) is 5.69 Å². The highest BCUT2D eigenvalue weighted by Gasteiger charge is 2.11. The monoisotopic (exact) mass is 230 g/mol. The molecule has 1 atom stereocenters. The summed E-state index contributed by atoms with van der Waals surface area (Å²) in [6.07, 6.45) is 1.64. The first-order chi connectivity index (χ1) is 8.22. The molecule has 86 valence electrons. The zero-order valence-electron chi connectivity index (χ0n) is 9.24. The molecule has 2 N–H and O–H groups in total. The smallest absolute Gasteiger partial charge is 0.143 e. The van der Waals surface area contributed by atoms with Crippen LogP contribution >= 0.6 is 0 Å². The second-order valence-electron chi connectivity index (χ2n) is 3.65. The summed E-state index contributed by atoms with van der Waals surface area (Å²) in [5.41, 5.74) is 1.38. The Morgan fingerprint density at radius 3 is 2.94 bits per heavy atom. The second-order valence-corrected chi connectivity index (χ2v) is 3.65. The number of anilines is 1. The summed E-state index contributed by atoms with van der Waals surface area (Å²) in [4.78, 5) is 0. The Bertz CT molecular complexity index is 542. The molecule has 1 aromatic heterocycles. The molecule has 0 saturated heterocycles. The van der Waals surface area contributed by atoms with E-state index in [1.807, 2.05) is 19.1 Å². The lowest BCUT2D eigenvalue weighted by Crippen LogP contribution is -2.08. The molecule has 1 heterocycles. The number of nitrogens with one attached hydrogen (secondary N) is 2. The predicted octanol–water partition coefficient (Wildman–Crippen LogP) is 2.59. The van der Waals surface area contributed by atoms with Crippen molar-refractivity contribution in [1.82, 2.24) is 10.2 Å². The number of rotatable bonds is 3. The summed E-state index contributed by atoms with van der Waals surface area (Å²) in [5, 5.41) is 18.6. The minimum absolute atomic E-state index is 0.0267. The van der Waals surface area contributed by atoms with Gasteiger partial charge in [-0.05, 0) is 25.1 Å². The number of hydrogen-bond donors (Lipinski definition) is 2. The van der Waals surface area contributed by atoms with E-state index >= 15 is 0 Å². The fourth-order valence-corrected chi connectivity index (χ4v) is 1.58. The van der Waals surface area contributed by atoms with E-state index in [0.717, 1.165) is 5.69 Å². The SMILES string of the molecule is CC(Nc1cccc(F)c1C#N)c1ccn[nH]1. The first-order valence-electron chi connectivity index (χ1n) is 5.17. The van der Waals surface area contributed by atoms with Crippen LogP contribution in [0.15, 0.2) is 30.5 Å². The van der Waals surface area contributed by atoms with Crippen LogP contribution in [0, 0.1) is 17.1 Å². The van der Waals surface area contributed by atoms with Gasteiger partial charge in [-0.15, -0.1) is 0 Å². The van der Waals surface area contributed by atoms with Crippen LogP contribution in [0.25, 0.3) is 0 Å². The van der Waals surface area contributed by atoms with Crippen LogP contribution < -0.4 is 5.32 Å². The van der Waals surface area contributed by atoms with Gasteiger partial charge < -0.3 is 5.32 Å². The van der Waals surface area contributed by atoms with Gasteiger partial charge in [0, 0.05) is 6.20 Å². The molecule has 1 aromatic carbocycles. The van der Waals surface area contributed by atoms with Crippen LogP contribution in [0.2, 0.25) is 0 Å². The fraction of sp³-hybridized carbons (Fsp3) is 0.167. The Hall–Kier alpha value is -2.35. The van der Waals surface area contributed by atoms with Crippen molar-refractivity contribution >= 4 is 5.69 Å². The lowest BCUT2D eigenvalue weighted by molar-refractivity contribution is 0.624. The lowest BCUT2D eigenvalue weighted by atomic mass is 10.1. The molecule has 2 rings (SSSR count). The van der Waals surface area contributed by atoms with Gasteiger partial charge in [-0.1, -0.05) is 6.07 Å². The summed E-state index contributed by atoms with van der Waals surface area (Å²) in [6, 6.07) is 8.11. The Morgan fingerprint density at radius 1 is 1.47 bits per heavy atom. The largest absolute Gasteiger partial charge is 0.376 e. The Kier molecular flexibility index (Phi) is 3.06. The first kappa shape index (κ1) is 11.1. The summed E-state index contributed by atoms with van der Waals surface area (Å²) in [7, 11) is 0. The normalized spacial score (nSPS) is 11.8. The van der Waals surface area contributed by atoms with Gasteiger partial charge in [0.05, 0.1) is 17.4 Å². The summed E-state index contributed by atoms with van der Waals surface area (Å²) in [5.74, 6) is -0.519. The van der Waals surface area contributed by atoms with Crippen LogP contribution in [-0.4, -0.2) is 10.2 Å². The van der Waals surface area contributed by atoms with Crippen LogP contribution in [0.3, 0.4) is 0 Å². The zero-order valence-corrected chi connectivity index (χ0v) is 9.24. The molecular weight excluding hydrogens is 219 g/mol. The van der Waals surface area contributed by atoms with Crippen molar-refractivity contribution in [2.75, 3.05) is 5.32 Å². The average molecular weight is 230 g/mol. The Labute approximate surface area is 98.1 Å². The third kappa shape index (κ3) is 2.26.